The molecule has 1 fully saturated rings. The Morgan fingerprint density at radius 1 is 1.38 bits per heavy atom. The molecule has 5 nitrogen and oxygen atoms in total. The van der Waals surface area contributed by atoms with E-state index in [9.17, 15) is 4.79 Å². The SMILES string of the molecule is O=C(/C=C\c1cccs1)N1CCCC(Cc2nc(-c3ccsc3)no2)C1. The molecule has 4 rings (SSSR count). The zero-order valence-corrected chi connectivity index (χ0v) is 15.8. The fourth-order valence-corrected chi connectivity index (χ4v) is 4.42. The van der Waals surface area contributed by atoms with E-state index in [1.807, 2.05) is 45.3 Å². The van der Waals surface area contributed by atoms with Crippen molar-refractivity contribution in [3.63, 3.8) is 0 Å². The maximum Gasteiger partial charge on any atom is 0.246 e. The number of amides is 1. The van der Waals surface area contributed by atoms with Crippen molar-refractivity contribution in [2.24, 2.45) is 5.92 Å². The second-order valence-electron chi connectivity index (χ2n) is 6.37. The van der Waals surface area contributed by atoms with Crippen molar-refractivity contribution in [2.45, 2.75) is 19.3 Å². The number of hydrogen-bond donors (Lipinski definition) is 0. The van der Waals surface area contributed by atoms with Crippen molar-refractivity contribution in [2.75, 3.05) is 13.1 Å². The molecule has 0 saturated carbocycles. The lowest BCUT2D eigenvalue weighted by molar-refractivity contribution is -0.127. The van der Waals surface area contributed by atoms with E-state index < -0.39 is 0 Å². The van der Waals surface area contributed by atoms with Crippen LogP contribution in [-0.4, -0.2) is 34.0 Å². The molecule has 7 heteroatoms. The first-order chi connectivity index (χ1) is 12.8. The molecule has 1 aliphatic rings. The van der Waals surface area contributed by atoms with E-state index >= 15 is 0 Å². The number of piperidine rings is 1. The lowest BCUT2D eigenvalue weighted by Gasteiger charge is -2.31. The summed E-state index contributed by atoms with van der Waals surface area (Å²) in [4.78, 5) is 20.0. The predicted octanol–water partition coefficient (Wildman–Crippen LogP) is 4.35. The van der Waals surface area contributed by atoms with E-state index in [4.69, 9.17) is 4.52 Å². The van der Waals surface area contributed by atoms with Gasteiger partial charge in [-0.15, -0.1) is 11.3 Å². The van der Waals surface area contributed by atoms with Crippen molar-refractivity contribution < 1.29 is 9.32 Å². The first-order valence-electron chi connectivity index (χ1n) is 8.63. The summed E-state index contributed by atoms with van der Waals surface area (Å²) < 4.78 is 5.41. The number of rotatable bonds is 5. The Hall–Kier alpha value is -2.25. The van der Waals surface area contributed by atoms with Gasteiger partial charge in [0.05, 0.1) is 0 Å². The minimum absolute atomic E-state index is 0.0765. The summed E-state index contributed by atoms with van der Waals surface area (Å²) in [6.45, 7) is 1.55. The van der Waals surface area contributed by atoms with E-state index in [-0.39, 0.29) is 5.91 Å². The standard InChI is InChI=1S/C19H19N3O2S2/c23-18(6-5-16-4-2-9-26-16)22-8-1-3-14(12-22)11-17-20-19(21-24-17)15-7-10-25-13-15/h2,4-7,9-10,13-14H,1,3,8,11-12H2/b6-5-. The van der Waals surface area contributed by atoms with Crippen LogP contribution in [0.2, 0.25) is 0 Å². The highest BCUT2D eigenvalue weighted by Gasteiger charge is 2.24. The van der Waals surface area contributed by atoms with E-state index in [1.165, 1.54) is 0 Å². The summed E-state index contributed by atoms with van der Waals surface area (Å²) in [5, 5.41) is 10.1. The van der Waals surface area contributed by atoms with Gasteiger partial charge in [0.1, 0.15) is 0 Å². The summed E-state index contributed by atoms with van der Waals surface area (Å²) in [7, 11) is 0. The van der Waals surface area contributed by atoms with Gasteiger partial charge >= 0.3 is 0 Å². The van der Waals surface area contributed by atoms with Gasteiger partial charge in [-0.1, -0.05) is 11.2 Å². The average molecular weight is 386 g/mol. The van der Waals surface area contributed by atoms with Crippen LogP contribution in [0.4, 0.5) is 0 Å². The van der Waals surface area contributed by atoms with Crippen LogP contribution in [0.1, 0.15) is 23.6 Å². The molecule has 1 unspecified atom stereocenters. The van der Waals surface area contributed by atoms with Crippen LogP contribution < -0.4 is 0 Å². The largest absolute Gasteiger partial charge is 0.339 e. The number of carbonyl (C=O) groups excluding carboxylic acids is 1. The van der Waals surface area contributed by atoms with Gasteiger partial charge in [-0.2, -0.15) is 16.3 Å². The third-order valence-electron chi connectivity index (χ3n) is 4.47. The highest BCUT2D eigenvalue weighted by atomic mass is 32.1. The molecular weight excluding hydrogens is 366 g/mol. The second kappa shape index (κ2) is 7.97. The minimum atomic E-state index is 0.0765. The minimum Gasteiger partial charge on any atom is -0.339 e. The van der Waals surface area contributed by atoms with E-state index in [2.05, 4.69) is 10.1 Å². The summed E-state index contributed by atoms with van der Waals surface area (Å²) in [6, 6.07) is 5.98. The normalized spacial score (nSPS) is 17.8. The first kappa shape index (κ1) is 17.2. The highest BCUT2D eigenvalue weighted by molar-refractivity contribution is 7.10. The van der Waals surface area contributed by atoms with Gasteiger partial charge in [0, 0.05) is 41.4 Å². The van der Waals surface area contributed by atoms with Crippen LogP contribution in [-0.2, 0) is 11.2 Å². The Labute approximate surface area is 160 Å². The van der Waals surface area contributed by atoms with Crippen LogP contribution >= 0.6 is 22.7 Å². The summed E-state index contributed by atoms with van der Waals surface area (Å²) in [6.07, 6.45) is 6.37. The molecule has 1 saturated heterocycles. The number of aromatic nitrogens is 2. The quantitative estimate of drug-likeness (QED) is 0.613. The molecule has 0 spiro atoms. The Morgan fingerprint density at radius 3 is 3.15 bits per heavy atom. The molecule has 134 valence electrons. The van der Waals surface area contributed by atoms with Crippen molar-refractivity contribution in [1.29, 1.82) is 0 Å². The molecule has 26 heavy (non-hydrogen) atoms. The van der Waals surface area contributed by atoms with Crippen LogP contribution in [0.15, 0.2) is 44.9 Å². The maximum atomic E-state index is 12.4. The van der Waals surface area contributed by atoms with Crippen LogP contribution in [0.5, 0.6) is 0 Å². The second-order valence-corrected chi connectivity index (χ2v) is 8.13. The Kier molecular flexibility index (Phi) is 5.26. The van der Waals surface area contributed by atoms with Gasteiger partial charge in [-0.05, 0) is 47.7 Å². The molecule has 4 heterocycles. The molecule has 0 aliphatic carbocycles. The lowest BCUT2D eigenvalue weighted by atomic mass is 9.94. The maximum absolute atomic E-state index is 12.4. The number of nitrogens with zero attached hydrogens (tertiary/aromatic N) is 3. The van der Waals surface area contributed by atoms with E-state index in [0.29, 0.717) is 17.6 Å². The summed E-state index contributed by atoms with van der Waals surface area (Å²) in [5.41, 5.74) is 0.990. The number of carbonyl (C=O) groups is 1. The number of hydrogen-bond acceptors (Lipinski definition) is 6. The van der Waals surface area contributed by atoms with E-state index in [1.54, 1.807) is 28.7 Å². The number of likely N-dealkylation sites (tertiary alicyclic amines) is 1. The van der Waals surface area contributed by atoms with Crippen LogP contribution in [0, 0.1) is 5.92 Å². The molecule has 1 amide bonds. The Bertz CT molecular complexity index is 869. The smallest absolute Gasteiger partial charge is 0.246 e. The molecule has 3 aromatic rings. The predicted molar refractivity (Wildman–Crippen MR) is 104 cm³/mol. The molecular formula is C19H19N3O2S2. The third kappa shape index (κ3) is 4.11. The third-order valence-corrected chi connectivity index (χ3v) is 6.00. The van der Waals surface area contributed by atoms with Crippen molar-refractivity contribution >= 4 is 34.7 Å². The van der Waals surface area contributed by atoms with Gasteiger partial charge in [0.15, 0.2) is 0 Å². The zero-order chi connectivity index (χ0) is 17.8. The van der Waals surface area contributed by atoms with Gasteiger partial charge in [-0.3, -0.25) is 4.79 Å². The van der Waals surface area contributed by atoms with E-state index in [0.717, 1.165) is 42.8 Å². The van der Waals surface area contributed by atoms with Gasteiger partial charge in [-0.25, -0.2) is 0 Å². The molecule has 0 bridgehead atoms. The number of thiophene rings is 2. The first-order valence-corrected chi connectivity index (χ1v) is 10.5. The van der Waals surface area contributed by atoms with Gasteiger partial charge in [0.25, 0.3) is 0 Å². The molecule has 0 radical (unpaired) electrons. The van der Waals surface area contributed by atoms with Gasteiger partial charge in [0.2, 0.25) is 17.6 Å². The monoisotopic (exact) mass is 385 g/mol. The molecule has 1 atom stereocenters. The van der Waals surface area contributed by atoms with Gasteiger partial charge < -0.3 is 9.42 Å². The van der Waals surface area contributed by atoms with Crippen molar-refractivity contribution in [3.8, 4) is 11.4 Å². The summed E-state index contributed by atoms with van der Waals surface area (Å²) in [5.74, 6) is 1.73. The van der Waals surface area contributed by atoms with Crippen molar-refractivity contribution in [3.05, 3.63) is 51.2 Å². The summed E-state index contributed by atoms with van der Waals surface area (Å²) >= 11 is 3.25. The molecule has 0 N–H and O–H groups in total. The fraction of sp³-hybridized carbons (Fsp3) is 0.316. The lowest BCUT2D eigenvalue weighted by Crippen LogP contribution is -2.39. The Morgan fingerprint density at radius 2 is 2.35 bits per heavy atom. The average Bonchev–Trinajstić information content (AvgIpc) is 3.41. The Balaban J connectivity index is 1.35. The topological polar surface area (TPSA) is 59.2 Å². The van der Waals surface area contributed by atoms with Crippen LogP contribution in [0.25, 0.3) is 17.5 Å². The molecule has 3 aromatic heterocycles. The molecule has 1 aliphatic heterocycles. The molecule has 0 aromatic carbocycles. The zero-order valence-electron chi connectivity index (χ0n) is 14.2. The van der Waals surface area contributed by atoms with Crippen LogP contribution in [0.3, 0.4) is 0 Å². The highest BCUT2D eigenvalue weighted by Crippen LogP contribution is 2.23. The van der Waals surface area contributed by atoms with Crippen molar-refractivity contribution in [1.82, 2.24) is 15.0 Å². The fourth-order valence-electron chi connectivity index (χ4n) is 3.17.